The van der Waals surface area contributed by atoms with Crippen LogP contribution < -0.4 is 4.72 Å². The fourth-order valence-corrected chi connectivity index (χ4v) is 5.35. The molecule has 0 spiro atoms. The summed E-state index contributed by atoms with van der Waals surface area (Å²) in [6.45, 7) is 1.60. The molecular formula is C20H22N4O3S2. The summed E-state index contributed by atoms with van der Waals surface area (Å²) in [4.78, 5) is 14.4. The molecule has 1 fully saturated rings. The number of aromatic nitrogens is 2. The Bertz CT molecular complexity index is 1080. The summed E-state index contributed by atoms with van der Waals surface area (Å²) in [6.07, 6.45) is 3.60. The quantitative estimate of drug-likeness (QED) is 0.557. The topological polar surface area (TPSA) is 84.3 Å². The van der Waals surface area contributed by atoms with E-state index in [1.165, 1.54) is 11.3 Å². The van der Waals surface area contributed by atoms with Gasteiger partial charge in [-0.1, -0.05) is 24.3 Å². The zero-order valence-electron chi connectivity index (χ0n) is 15.8. The van der Waals surface area contributed by atoms with Crippen LogP contribution in [0.1, 0.15) is 19.3 Å². The largest absolute Gasteiger partial charge is 0.343 e. The highest BCUT2D eigenvalue weighted by atomic mass is 32.2. The SMILES string of the molecule is O=C1CCCN1CCCNS(=O)(=O)c1cn(-c2ccccc2)nc1-c1cccs1. The van der Waals surface area contributed by atoms with Crippen LogP contribution in [0.4, 0.5) is 0 Å². The molecule has 29 heavy (non-hydrogen) atoms. The standard InChI is InChI=1S/C20H22N4O3S2/c25-19-10-4-12-23(19)13-6-11-21-29(26,27)18-15-24(16-7-2-1-3-8-16)22-20(18)17-9-5-14-28-17/h1-3,5,7-9,14-15,21H,4,6,10-13H2. The molecule has 9 heteroatoms. The summed E-state index contributed by atoms with van der Waals surface area (Å²) < 4.78 is 30.3. The molecule has 1 aliphatic rings. The van der Waals surface area contributed by atoms with E-state index in [1.807, 2.05) is 47.8 Å². The minimum absolute atomic E-state index is 0.150. The van der Waals surface area contributed by atoms with Gasteiger partial charge in [0, 0.05) is 26.1 Å². The number of hydrogen-bond donors (Lipinski definition) is 1. The van der Waals surface area contributed by atoms with Crippen LogP contribution in [0.5, 0.6) is 0 Å². The molecule has 0 unspecified atom stereocenters. The van der Waals surface area contributed by atoms with Gasteiger partial charge in [0.05, 0.1) is 16.8 Å². The van der Waals surface area contributed by atoms with Crippen molar-refractivity contribution in [2.75, 3.05) is 19.6 Å². The lowest BCUT2D eigenvalue weighted by molar-refractivity contribution is -0.127. The van der Waals surface area contributed by atoms with Crippen LogP contribution in [-0.2, 0) is 14.8 Å². The lowest BCUT2D eigenvalue weighted by Crippen LogP contribution is -2.30. The van der Waals surface area contributed by atoms with Gasteiger partial charge in [-0.15, -0.1) is 11.3 Å². The molecule has 0 radical (unpaired) electrons. The highest BCUT2D eigenvalue weighted by Crippen LogP contribution is 2.30. The summed E-state index contributed by atoms with van der Waals surface area (Å²) in [6, 6.07) is 13.2. The van der Waals surface area contributed by atoms with E-state index in [2.05, 4.69) is 9.82 Å². The Morgan fingerprint density at radius 2 is 1.97 bits per heavy atom. The lowest BCUT2D eigenvalue weighted by Gasteiger charge is -2.15. The first-order valence-electron chi connectivity index (χ1n) is 9.51. The molecular weight excluding hydrogens is 408 g/mol. The number of carbonyl (C=O) groups excluding carboxylic acids is 1. The number of carbonyl (C=O) groups is 1. The predicted octanol–water partition coefficient (Wildman–Crippen LogP) is 2.89. The number of hydrogen-bond acceptors (Lipinski definition) is 5. The third-order valence-electron chi connectivity index (χ3n) is 4.81. The molecule has 1 aliphatic heterocycles. The van der Waals surface area contributed by atoms with Crippen molar-refractivity contribution in [3.05, 3.63) is 54.0 Å². The lowest BCUT2D eigenvalue weighted by atomic mass is 10.3. The molecule has 0 aliphatic carbocycles. The van der Waals surface area contributed by atoms with Gasteiger partial charge in [0.25, 0.3) is 0 Å². The molecule has 0 atom stereocenters. The molecule has 3 heterocycles. The third-order valence-corrected chi connectivity index (χ3v) is 7.15. The Hall–Kier alpha value is -2.49. The van der Waals surface area contributed by atoms with Crippen LogP contribution in [0.15, 0.2) is 58.9 Å². The summed E-state index contributed by atoms with van der Waals surface area (Å²) in [5, 5.41) is 6.44. The second kappa shape index (κ2) is 8.48. The summed E-state index contributed by atoms with van der Waals surface area (Å²) in [5.41, 5.74) is 1.23. The predicted molar refractivity (Wildman–Crippen MR) is 112 cm³/mol. The van der Waals surface area contributed by atoms with Gasteiger partial charge in [0.2, 0.25) is 15.9 Å². The van der Waals surface area contributed by atoms with Gasteiger partial charge in [-0.3, -0.25) is 4.79 Å². The first-order chi connectivity index (χ1) is 14.0. The van der Waals surface area contributed by atoms with Crippen LogP contribution in [-0.4, -0.2) is 48.6 Å². The first kappa shape index (κ1) is 19.8. The van der Waals surface area contributed by atoms with Gasteiger partial charge in [-0.25, -0.2) is 17.8 Å². The number of likely N-dealkylation sites (tertiary alicyclic amines) is 1. The zero-order chi connectivity index (χ0) is 20.3. The Kier molecular flexibility index (Phi) is 5.79. The fraction of sp³-hybridized carbons (Fsp3) is 0.300. The molecule has 7 nitrogen and oxygen atoms in total. The Morgan fingerprint density at radius 1 is 1.14 bits per heavy atom. The van der Waals surface area contributed by atoms with Crippen molar-refractivity contribution in [2.45, 2.75) is 24.2 Å². The normalized spacial score (nSPS) is 14.6. The second-order valence-corrected chi connectivity index (χ2v) is 9.52. The van der Waals surface area contributed by atoms with Gasteiger partial charge < -0.3 is 4.90 Å². The molecule has 0 saturated carbocycles. The fourth-order valence-electron chi connectivity index (χ4n) is 3.35. The molecule has 1 amide bonds. The highest BCUT2D eigenvalue weighted by molar-refractivity contribution is 7.89. The number of nitrogens with one attached hydrogen (secondary N) is 1. The van der Waals surface area contributed by atoms with Gasteiger partial charge in [-0.05, 0) is 36.4 Å². The first-order valence-corrected chi connectivity index (χ1v) is 11.9. The van der Waals surface area contributed by atoms with E-state index in [4.69, 9.17) is 0 Å². The number of benzene rings is 1. The van der Waals surface area contributed by atoms with Crippen LogP contribution in [0, 0.1) is 0 Å². The summed E-state index contributed by atoms with van der Waals surface area (Å²) in [7, 11) is -3.74. The second-order valence-electron chi connectivity index (χ2n) is 6.84. The Morgan fingerprint density at radius 3 is 2.66 bits per heavy atom. The molecule has 2 aromatic heterocycles. The minimum Gasteiger partial charge on any atom is -0.343 e. The smallest absolute Gasteiger partial charge is 0.244 e. The zero-order valence-corrected chi connectivity index (χ0v) is 17.5. The van der Waals surface area contributed by atoms with Crippen molar-refractivity contribution in [1.29, 1.82) is 0 Å². The average Bonchev–Trinajstić information content (AvgIpc) is 3.46. The summed E-state index contributed by atoms with van der Waals surface area (Å²) in [5.74, 6) is 0.150. The molecule has 3 aromatic rings. The van der Waals surface area contributed by atoms with Crippen molar-refractivity contribution in [3.8, 4) is 16.3 Å². The highest BCUT2D eigenvalue weighted by Gasteiger charge is 2.25. The summed E-state index contributed by atoms with van der Waals surface area (Å²) >= 11 is 1.45. The monoisotopic (exact) mass is 430 g/mol. The van der Waals surface area contributed by atoms with Crippen LogP contribution in [0.25, 0.3) is 16.3 Å². The van der Waals surface area contributed by atoms with Gasteiger partial charge in [0.15, 0.2) is 0 Å². The van der Waals surface area contributed by atoms with Crippen molar-refractivity contribution < 1.29 is 13.2 Å². The van der Waals surface area contributed by atoms with Crippen molar-refractivity contribution >= 4 is 27.3 Å². The van der Waals surface area contributed by atoms with E-state index in [1.54, 1.807) is 15.8 Å². The van der Waals surface area contributed by atoms with Crippen molar-refractivity contribution in [1.82, 2.24) is 19.4 Å². The van der Waals surface area contributed by atoms with Crippen LogP contribution in [0.2, 0.25) is 0 Å². The van der Waals surface area contributed by atoms with E-state index in [0.717, 1.165) is 23.5 Å². The van der Waals surface area contributed by atoms with E-state index in [0.29, 0.717) is 25.1 Å². The molecule has 1 N–H and O–H groups in total. The number of nitrogens with zero attached hydrogens (tertiary/aromatic N) is 3. The molecule has 1 aromatic carbocycles. The number of thiophene rings is 1. The average molecular weight is 431 g/mol. The Labute approximate surface area is 174 Å². The minimum atomic E-state index is -3.74. The van der Waals surface area contributed by atoms with Gasteiger partial charge in [-0.2, -0.15) is 5.10 Å². The number of amides is 1. The number of rotatable bonds is 8. The number of sulfonamides is 1. The van der Waals surface area contributed by atoms with E-state index in [9.17, 15) is 13.2 Å². The molecule has 1 saturated heterocycles. The molecule has 0 bridgehead atoms. The number of para-hydroxylation sites is 1. The van der Waals surface area contributed by atoms with Crippen LogP contribution >= 0.6 is 11.3 Å². The van der Waals surface area contributed by atoms with Crippen molar-refractivity contribution in [3.63, 3.8) is 0 Å². The molecule has 152 valence electrons. The van der Waals surface area contributed by atoms with E-state index in [-0.39, 0.29) is 17.3 Å². The van der Waals surface area contributed by atoms with Crippen LogP contribution in [0.3, 0.4) is 0 Å². The molecule has 4 rings (SSSR count). The Balaban J connectivity index is 1.53. The van der Waals surface area contributed by atoms with E-state index < -0.39 is 10.0 Å². The third kappa shape index (κ3) is 4.42. The van der Waals surface area contributed by atoms with Gasteiger partial charge in [0.1, 0.15) is 10.6 Å². The van der Waals surface area contributed by atoms with Crippen molar-refractivity contribution in [2.24, 2.45) is 0 Å². The maximum absolute atomic E-state index is 13.0. The van der Waals surface area contributed by atoms with E-state index >= 15 is 0 Å². The maximum Gasteiger partial charge on any atom is 0.244 e. The van der Waals surface area contributed by atoms with Gasteiger partial charge >= 0.3 is 0 Å². The maximum atomic E-state index is 13.0.